The molecule has 14 nitrogen and oxygen atoms in total. The van der Waals surface area contributed by atoms with Crippen molar-refractivity contribution in [1.82, 2.24) is 5.32 Å². The lowest BCUT2D eigenvalue weighted by Crippen LogP contribution is -2.58. The molecule has 8 N–H and O–H groups in total. The van der Waals surface area contributed by atoms with Gasteiger partial charge in [0.05, 0.1) is 48.1 Å². The fourth-order valence-electron chi connectivity index (χ4n) is 6.76. The van der Waals surface area contributed by atoms with Crippen molar-refractivity contribution in [3.8, 4) is 17.2 Å². The number of carbonyl (C=O) groups is 4. The Labute approximate surface area is 270 Å². The Morgan fingerprint density at radius 2 is 1.81 bits per heavy atom. The minimum Gasteiger partial charge on any atom is -0.507 e. The molecule has 47 heavy (non-hydrogen) atoms. The van der Waals surface area contributed by atoms with Gasteiger partial charge in [-0.15, -0.1) is 0 Å². The van der Waals surface area contributed by atoms with Gasteiger partial charge in [0.25, 0.3) is 0 Å². The van der Waals surface area contributed by atoms with Crippen LogP contribution in [0, 0.1) is 5.92 Å². The molecule has 1 aliphatic heterocycles. The second kappa shape index (κ2) is 12.9. The van der Waals surface area contributed by atoms with Crippen LogP contribution in [-0.4, -0.2) is 98.7 Å². The zero-order valence-corrected chi connectivity index (χ0v) is 26.5. The van der Waals surface area contributed by atoms with Crippen LogP contribution in [0.1, 0.15) is 89.1 Å². The van der Waals surface area contributed by atoms with Gasteiger partial charge in [-0.25, -0.2) is 0 Å². The highest BCUT2D eigenvalue weighted by molar-refractivity contribution is 6.31. The summed E-state index contributed by atoms with van der Waals surface area (Å²) in [5, 5.41) is 57.8. The summed E-state index contributed by atoms with van der Waals surface area (Å²) in [7, 11) is 1.31. The topological polar surface area (TPSA) is 235 Å². The number of aliphatic hydroxyl groups excluding tert-OH is 2. The molecule has 3 aliphatic rings. The maximum Gasteiger partial charge on any atom is 0.237 e. The predicted octanol–water partition coefficient (Wildman–Crippen LogP) is 0.532. The van der Waals surface area contributed by atoms with Crippen LogP contribution >= 0.6 is 0 Å². The van der Waals surface area contributed by atoms with Gasteiger partial charge >= 0.3 is 0 Å². The van der Waals surface area contributed by atoms with Crippen LogP contribution < -0.4 is 15.8 Å². The number of nitrogens with two attached hydrogens (primary N) is 1. The molecule has 6 unspecified atom stereocenters. The van der Waals surface area contributed by atoms with Crippen molar-refractivity contribution >= 4 is 23.3 Å². The number of fused-ring (bicyclic) bond motifs is 3. The van der Waals surface area contributed by atoms with Gasteiger partial charge in [0.1, 0.15) is 35.6 Å². The number of benzene rings is 2. The van der Waals surface area contributed by atoms with Crippen LogP contribution in [0.3, 0.4) is 0 Å². The number of Topliss-reactive ketones (excluding diaryl/α,β-unsaturated/α-hetero) is 1. The van der Waals surface area contributed by atoms with Gasteiger partial charge in [0.2, 0.25) is 11.7 Å². The van der Waals surface area contributed by atoms with Gasteiger partial charge in [0.15, 0.2) is 17.9 Å². The molecule has 0 saturated carbocycles. The molecule has 1 saturated heterocycles. The van der Waals surface area contributed by atoms with E-state index in [0.717, 1.165) is 0 Å². The zero-order valence-electron chi connectivity index (χ0n) is 26.5. The van der Waals surface area contributed by atoms with Crippen molar-refractivity contribution in [3.05, 3.63) is 51.6 Å². The Hall–Kier alpha value is -3.92. The summed E-state index contributed by atoms with van der Waals surface area (Å²) >= 11 is 0. The number of phenols is 2. The standard InChI is InChI=1S/C33H40N2O12/c1-13(2)8-17(34)32(43)35-18-9-22(46-14(3)27(18)38)47-20-11-33(44,21(37)12-36)10-16-24(20)31(42)26-25(29(16)40)28(39)15-6-5-7-19(45-4)23(15)30(26)41/h5-7,13-14,17-18,20,22,27,36,38,40,42,44H,8-12,34H2,1-4H3,(H,35,43)/t14?,17?,18?,20?,22?,27?,33-/m0/s1. The first kappa shape index (κ1) is 34.4. The molecule has 1 fully saturated rings. The number of hydrogen-bond donors (Lipinski definition) is 7. The third kappa shape index (κ3) is 6.01. The Kier molecular flexibility index (Phi) is 9.48. The van der Waals surface area contributed by atoms with Gasteiger partial charge in [0, 0.05) is 36.0 Å². The Balaban J connectivity index is 1.56. The number of methoxy groups -OCH3 is 1. The second-order valence-corrected chi connectivity index (χ2v) is 12.8. The van der Waals surface area contributed by atoms with E-state index in [-0.39, 0.29) is 40.3 Å². The van der Waals surface area contributed by atoms with E-state index in [0.29, 0.717) is 6.42 Å². The maximum absolute atomic E-state index is 13.8. The zero-order chi connectivity index (χ0) is 34.5. The van der Waals surface area contributed by atoms with Crippen molar-refractivity contribution in [2.45, 2.75) is 88.7 Å². The highest BCUT2D eigenvalue weighted by Gasteiger charge is 2.50. The average Bonchev–Trinajstić information content (AvgIpc) is 3.02. The van der Waals surface area contributed by atoms with Gasteiger partial charge < -0.3 is 50.8 Å². The lowest BCUT2D eigenvalue weighted by atomic mass is 9.72. The molecular weight excluding hydrogens is 616 g/mol. The Morgan fingerprint density at radius 3 is 2.45 bits per heavy atom. The largest absolute Gasteiger partial charge is 0.507 e. The van der Waals surface area contributed by atoms with E-state index in [1.807, 2.05) is 13.8 Å². The molecule has 7 atom stereocenters. The monoisotopic (exact) mass is 656 g/mol. The quantitative estimate of drug-likeness (QED) is 0.156. The number of aromatic hydroxyl groups is 2. The van der Waals surface area contributed by atoms with Crippen molar-refractivity contribution < 1.29 is 58.9 Å². The number of ether oxygens (including phenoxy) is 3. The van der Waals surface area contributed by atoms with Crippen LogP contribution in [0.25, 0.3) is 0 Å². The van der Waals surface area contributed by atoms with E-state index < -0.39 is 108 Å². The van der Waals surface area contributed by atoms with Gasteiger partial charge in [-0.1, -0.05) is 26.0 Å². The highest BCUT2D eigenvalue weighted by atomic mass is 16.7. The van der Waals surface area contributed by atoms with Crippen molar-refractivity contribution in [3.63, 3.8) is 0 Å². The predicted molar refractivity (Wildman–Crippen MR) is 163 cm³/mol. The normalized spacial score (nSPS) is 27.5. The van der Waals surface area contributed by atoms with Crippen LogP contribution in [0.4, 0.5) is 0 Å². The Morgan fingerprint density at radius 1 is 1.13 bits per heavy atom. The summed E-state index contributed by atoms with van der Waals surface area (Å²) in [6.45, 7) is 4.31. The van der Waals surface area contributed by atoms with E-state index >= 15 is 0 Å². The van der Waals surface area contributed by atoms with E-state index in [9.17, 15) is 44.7 Å². The summed E-state index contributed by atoms with van der Waals surface area (Å²) < 4.78 is 17.4. The lowest BCUT2D eigenvalue weighted by Gasteiger charge is -2.43. The molecular formula is C33H40N2O12. The number of aliphatic hydroxyl groups is 3. The third-order valence-corrected chi connectivity index (χ3v) is 9.15. The summed E-state index contributed by atoms with van der Waals surface area (Å²) in [5.41, 5.74) is 2.10. The molecule has 2 aromatic rings. The lowest BCUT2D eigenvalue weighted by molar-refractivity contribution is -0.249. The van der Waals surface area contributed by atoms with E-state index in [2.05, 4.69) is 5.32 Å². The van der Waals surface area contributed by atoms with E-state index in [4.69, 9.17) is 19.9 Å². The first-order valence-electron chi connectivity index (χ1n) is 15.4. The fraction of sp³-hybridized carbons (Fsp3) is 0.515. The molecule has 1 amide bonds. The van der Waals surface area contributed by atoms with E-state index in [1.165, 1.54) is 25.3 Å². The number of phenolic OH excluding ortho intramolecular Hbond substituents is 2. The van der Waals surface area contributed by atoms with E-state index in [1.54, 1.807) is 6.92 Å². The number of rotatable bonds is 9. The van der Waals surface area contributed by atoms with Crippen molar-refractivity contribution in [1.29, 1.82) is 0 Å². The molecule has 2 aromatic carbocycles. The number of ketones is 3. The third-order valence-electron chi connectivity index (χ3n) is 9.15. The first-order chi connectivity index (χ1) is 22.1. The molecule has 14 heteroatoms. The first-order valence-corrected chi connectivity index (χ1v) is 15.4. The summed E-state index contributed by atoms with van der Waals surface area (Å²) in [4.78, 5) is 53.1. The molecule has 254 valence electrons. The number of carbonyl (C=O) groups excluding carboxylic acids is 4. The van der Waals surface area contributed by atoms with Crippen LogP contribution in [0.2, 0.25) is 0 Å². The van der Waals surface area contributed by atoms with Gasteiger partial charge in [-0.2, -0.15) is 0 Å². The SMILES string of the molecule is COc1cccc2c1C(=O)c1c(O)c3c(c(O)c1C2=O)C[C@@](O)(C(=O)CO)CC3OC1CC(NC(=O)C(N)CC(C)C)C(O)C(C)O1. The van der Waals surface area contributed by atoms with Gasteiger partial charge in [-0.05, 0) is 25.3 Å². The second-order valence-electron chi connectivity index (χ2n) is 12.8. The number of hydrogen-bond acceptors (Lipinski definition) is 13. The molecule has 2 aliphatic carbocycles. The minimum atomic E-state index is -2.32. The molecule has 0 spiro atoms. The van der Waals surface area contributed by atoms with Gasteiger partial charge in [-0.3, -0.25) is 19.2 Å². The van der Waals surface area contributed by atoms with Crippen LogP contribution in [0.5, 0.6) is 17.2 Å². The fourth-order valence-corrected chi connectivity index (χ4v) is 6.76. The van der Waals surface area contributed by atoms with Crippen LogP contribution in [-0.2, 0) is 25.5 Å². The number of amides is 1. The summed E-state index contributed by atoms with van der Waals surface area (Å²) in [6, 6.07) is 2.61. The van der Waals surface area contributed by atoms with Crippen molar-refractivity contribution in [2.24, 2.45) is 11.7 Å². The maximum atomic E-state index is 13.8. The Bertz CT molecular complexity index is 1620. The summed E-state index contributed by atoms with van der Waals surface area (Å²) in [6.07, 6.45) is -5.56. The number of nitrogens with one attached hydrogen (secondary N) is 1. The molecule has 5 rings (SSSR count). The smallest absolute Gasteiger partial charge is 0.237 e. The highest BCUT2D eigenvalue weighted by Crippen LogP contribution is 2.52. The van der Waals surface area contributed by atoms with Crippen LogP contribution in [0.15, 0.2) is 18.2 Å². The molecule has 0 bridgehead atoms. The van der Waals surface area contributed by atoms with Crippen molar-refractivity contribution in [2.75, 3.05) is 13.7 Å². The minimum absolute atomic E-state index is 0.0724. The average molecular weight is 657 g/mol. The summed E-state index contributed by atoms with van der Waals surface area (Å²) in [5.74, 6) is -4.34. The molecule has 0 aromatic heterocycles. The molecule has 0 radical (unpaired) electrons. The molecule has 1 heterocycles.